The number of carboxylic acid groups (broad SMARTS) is 1. The van der Waals surface area contributed by atoms with E-state index in [0.717, 1.165) is 16.5 Å². The first-order chi connectivity index (χ1) is 10.9. The van der Waals surface area contributed by atoms with Crippen LogP contribution < -0.4 is 0 Å². The van der Waals surface area contributed by atoms with Gasteiger partial charge in [-0.05, 0) is 42.3 Å². The highest BCUT2D eigenvalue weighted by Gasteiger charge is 2.20. The molecule has 0 atom stereocenters. The lowest BCUT2D eigenvalue weighted by Crippen LogP contribution is -2.01. The van der Waals surface area contributed by atoms with Gasteiger partial charge in [-0.2, -0.15) is 0 Å². The van der Waals surface area contributed by atoms with Gasteiger partial charge in [-0.25, -0.2) is 0 Å². The standard InChI is InChI=1S/C17H12Cl3NO2/c1-8-2-5-12(19)15-11(7-14(22)23)17(21-16(8)15)10-4-3-9(18)6-13(10)20/h2-6,21H,7H2,1H3,(H,22,23). The molecule has 0 aliphatic rings. The molecule has 0 radical (unpaired) electrons. The molecular formula is C17H12Cl3NO2. The molecule has 3 rings (SSSR count). The summed E-state index contributed by atoms with van der Waals surface area (Å²) in [5.74, 6) is -0.935. The Morgan fingerprint density at radius 1 is 1.13 bits per heavy atom. The van der Waals surface area contributed by atoms with Crippen molar-refractivity contribution in [1.29, 1.82) is 0 Å². The van der Waals surface area contributed by atoms with Crippen LogP contribution in [0.2, 0.25) is 15.1 Å². The van der Waals surface area contributed by atoms with Gasteiger partial charge in [0, 0.05) is 16.0 Å². The van der Waals surface area contributed by atoms with E-state index in [4.69, 9.17) is 34.8 Å². The summed E-state index contributed by atoms with van der Waals surface area (Å²) in [7, 11) is 0. The molecule has 0 saturated carbocycles. The Bertz CT molecular complexity index is 931. The van der Waals surface area contributed by atoms with Crippen LogP contribution in [0.4, 0.5) is 0 Å². The maximum absolute atomic E-state index is 11.3. The minimum atomic E-state index is -0.935. The smallest absolute Gasteiger partial charge is 0.307 e. The largest absolute Gasteiger partial charge is 0.481 e. The number of H-pyrrole nitrogens is 1. The van der Waals surface area contributed by atoms with Gasteiger partial charge in [0.1, 0.15) is 0 Å². The lowest BCUT2D eigenvalue weighted by molar-refractivity contribution is -0.136. The molecule has 3 aromatic rings. The SMILES string of the molecule is Cc1ccc(Cl)c2c(CC(=O)O)c(-c3ccc(Cl)cc3Cl)[nH]c12. The van der Waals surface area contributed by atoms with Gasteiger partial charge < -0.3 is 10.1 Å². The van der Waals surface area contributed by atoms with E-state index in [1.54, 1.807) is 24.3 Å². The number of halogens is 3. The van der Waals surface area contributed by atoms with E-state index >= 15 is 0 Å². The minimum absolute atomic E-state index is 0.155. The number of rotatable bonds is 3. The molecule has 2 N–H and O–H groups in total. The first-order valence-corrected chi connectivity index (χ1v) is 7.98. The third-order valence-electron chi connectivity index (χ3n) is 3.74. The van der Waals surface area contributed by atoms with E-state index in [0.29, 0.717) is 31.9 Å². The van der Waals surface area contributed by atoms with Gasteiger partial charge in [0.15, 0.2) is 0 Å². The number of aryl methyl sites for hydroxylation is 1. The average Bonchev–Trinajstić information content (AvgIpc) is 2.83. The number of fused-ring (bicyclic) bond motifs is 1. The van der Waals surface area contributed by atoms with Gasteiger partial charge >= 0.3 is 5.97 Å². The van der Waals surface area contributed by atoms with Crippen molar-refractivity contribution in [3.05, 3.63) is 56.5 Å². The summed E-state index contributed by atoms with van der Waals surface area (Å²) in [6.07, 6.45) is -0.155. The molecule has 118 valence electrons. The molecule has 0 aliphatic carbocycles. The number of hydrogen-bond donors (Lipinski definition) is 2. The second-order valence-electron chi connectivity index (χ2n) is 5.29. The maximum Gasteiger partial charge on any atom is 0.307 e. The van der Waals surface area contributed by atoms with Crippen LogP contribution in [0, 0.1) is 6.92 Å². The fourth-order valence-electron chi connectivity index (χ4n) is 2.71. The Kier molecular flexibility index (Phi) is 4.28. The van der Waals surface area contributed by atoms with Crippen molar-refractivity contribution in [2.24, 2.45) is 0 Å². The van der Waals surface area contributed by atoms with Crippen LogP contribution in [0.1, 0.15) is 11.1 Å². The van der Waals surface area contributed by atoms with Crippen molar-refractivity contribution in [2.75, 3.05) is 0 Å². The van der Waals surface area contributed by atoms with Crippen molar-refractivity contribution in [1.82, 2.24) is 4.98 Å². The molecule has 0 bridgehead atoms. The Morgan fingerprint density at radius 2 is 1.87 bits per heavy atom. The normalized spacial score (nSPS) is 11.1. The molecule has 2 aromatic carbocycles. The summed E-state index contributed by atoms with van der Waals surface area (Å²) in [5.41, 5.74) is 3.76. The van der Waals surface area contributed by atoms with Crippen LogP contribution in [0.5, 0.6) is 0 Å². The van der Waals surface area contributed by atoms with Gasteiger partial charge in [-0.15, -0.1) is 0 Å². The van der Waals surface area contributed by atoms with Crippen molar-refractivity contribution >= 4 is 51.7 Å². The monoisotopic (exact) mass is 367 g/mol. The first-order valence-electron chi connectivity index (χ1n) is 6.85. The number of nitrogens with one attached hydrogen (secondary N) is 1. The predicted molar refractivity (Wildman–Crippen MR) is 94.8 cm³/mol. The average molecular weight is 369 g/mol. The molecule has 0 aliphatic heterocycles. The number of aromatic nitrogens is 1. The van der Waals surface area contributed by atoms with E-state index < -0.39 is 5.97 Å². The highest BCUT2D eigenvalue weighted by atomic mass is 35.5. The Morgan fingerprint density at radius 3 is 2.52 bits per heavy atom. The molecule has 0 spiro atoms. The molecule has 6 heteroatoms. The van der Waals surface area contributed by atoms with Gasteiger partial charge in [-0.3, -0.25) is 4.79 Å². The zero-order valence-corrected chi connectivity index (χ0v) is 14.4. The number of aliphatic carboxylic acids is 1. The number of carbonyl (C=O) groups is 1. The summed E-state index contributed by atoms with van der Waals surface area (Å²) in [6.45, 7) is 1.94. The highest BCUT2D eigenvalue weighted by molar-refractivity contribution is 6.37. The van der Waals surface area contributed by atoms with E-state index in [1.165, 1.54) is 0 Å². The topological polar surface area (TPSA) is 53.1 Å². The summed E-state index contributed by atoms with van der Waals surface area (Å²) < 4.78 is 0. The van der Waals surface area contributed by atoms with Crippen molar-refractivity contribution in [2.45, 2.75) is 13.3 Å². The Hall–Kier alpha value is -1.68. The van der Waals surface area contributed by atoms with E-state index in [2.05, 4.69) is 4.98 Å². The van der Waals surface area contributed by atoms with Crippen LogP contribution >= 0.6 is 34.8 Å². The Labute approximate surface area is 147 Å². The zero-order valence-electron chi connectivity index (χ0n) is 12.1. The third kappa shape index (κ3) is 2.92. The number of hydrogen-bond acceptors (Lipinski definition) is 1. The van der Waals surface area contributed by atoms with Crippen LogP contribution in [0.3, 0.4) is 0 Å². The van der Waals surface area contributed by atoms with Gasteiger partial charge in [-0.1, -0.05) is 40.9 Å². The summed E-state index contributed by atoms with van der Waals surface area (Å²) in [4.78, 5) is 14.6. The maximum atomic E-state index is 11.3. The van der Waals surface area contributed by atoms with Crippen molar-refractivity contribution in [3.63, 3.8) is 0 Å². The fraction of sp³-hybridized carbons (Fsp3) is 0.118. The van der Waals surface area contributed by atoms with Crippen LogP contribution in [0.25, 0.3) is 22.2 Å². The molecule has 0 amide bonds. The predicted octanol–water partition coefficient (Wildman–Crippen LogP) is 5.73. The minimum Gasteiger partial charge on any atom is -0.481 e. The lowest BCUT2D eigenvalue weighted by Gasteiger charge is -2.06. The second kappa shape index (κ2) is 6.08. The highest BCUT2D eigenvalue weighted by Crippen LogP contribution is 2.39. The lowest BCUT2D eigenvalue weighted by atomic mass is 10.0. The molecular weight excluding hydrogens is 357 g/mol. The number of carboxylic acids is 1. The van der Waals surface area contributed by atoms with E-state index in [9.17, 15) is 9.90 Å². The fourth-order valence-corrected chi connectivity index (χ4v) is 3.49. The number of aromatic amines is 1. The van der Waals surface area contributed by atoms with Gasteiger partial charge in [0.25, 0.3) is 0 Å². The van der Waals surface area contributed by atoms with E-state index in [1.807, 2.05) is 13.0 Å². The van der Waals surface area contributed by atoms with Crippen LogP contribution in [-0.4, -0.2) is 16.1 Å². The molecule has 23 heavy (non-hydrogen) atoms. The van der Waals surface area contributed by atoms with Crippen LogP contribution in [0.15, 0.2) is 30.3 Å². The quantitative estimate of drug-likeness (QED) is 0.620. The molecule has 0 unspecified atom stereocenters. The van der Waals surface area contributed by atoms with Gasteiger partial charge in [0.05, 0.1) is 27.7 Å². The summed E-state index contributed by atoms with van der Waals surface area (Å²) >= 11 is 18.6. The molecule has 1 aromatic heterocycles. The van der Waals surface area contributed by atoms with Crippen molar-refractivity contribution in [3.8, 4) is 11.3 Å². The zero-order chi connectivity index (χ0) is 16.7. The first kappa shape index (κ1) is 16.2. The number of benzene rings is 2. The molecule has 0 fully saturated rings. The van der Waals surface area contributed by atoms with Crippen LogP contribution in [-0.2, 0) is 11.2 Å². The Balaban J connectivity index is 2.37. The van der Waals surface area contributed by atoms with E-state index in [-0.39, 0.29) is 6.42 Å². The molecule has 3 nitrogen and oxygen atoms in total. The summed E-state index contributed by atoms with van der Waals surface area (Å²) in [5, 5.41) is 11.5. The second-order valence-corrected chi connectivity index (χ2v) is 6.54. The van der Waals surface area contributed by atoms with Crippen molar-refractivity contribution < 1.29 is 9.90 Å². The third-order valence-corrected chi connectivity index (χ3v) is 4.61. The van der Waals surface area contributed by atoms with Gasteiger partial charge in [0.2, 0.25) is 0 Å². The molecule has 0 saturated heterocycles. The molecule has 1 heterocycles. The summed E-state index contributed by atoms with van der Waals surface area (Å²) in [6, 6.07) is 8.77.